The van der Waals surface area contributed by atoms with Crippen molar-refractivity contribution in [1.29, 1.82) is 0 Å². The predicted octanol–water partition coefficient (Wildman–Crippen LogP) is 2.76. The molecule has 20 heavy (non-hydrogen) atoms. The van der Waals surface area contributed by atoms with Crippen LogP contribution in [0.25, 0.3) is 0 Å². The van der Waals surface area contributed by atoms with Crippen LogP contribution in [0.5, 0.6) is 0 Å². The molecule has 2 aliphatic heterocycles. The number of fused-ring (bicyclic) bond motifs is 4. The first-order valence-corrected chi connectivity index (χ1v) is 7.39. The number of amides is 1. The average molecular weight is 271 g/mol. The van der Waals surface area contributed by atoms with Gasteiger partial charge in [0.05, 0.1) is 11.7 Å². The van der Waals surface area contributed by atoms with Crippen molar-refractivity contribution in [1.82, 2.24) is 14.9 Å². The molecule has 2 bridgehead atoms. The van der Waals surface area contributed by atoms with Crippen LogP contribution in [-0.2, 0) is 11.2 Å². The first-order valence-electron chi connectivity index (χ1n) is 7.39. The fraction of sp³-hybridized carbons (Fsp3) is 0.562. The highest BCUT2D eigenvalue weighted by Crippen LogP contribution is 2.43. The van der Waals surface area contributed by atoms with Gasteiger partial charge in [0.2, 0.25) is 5.91 Å². The summed E-state index contributed by atoms with van der Waals surface area (Å²) in [5, 5.41) is 0. The van der Waals surface area contributed by atoms with Gasteiger partial charge in [0.15, 0.2) is 0 Å². The second-order valence-electron chi connectivity index (χ2n) is 6.03. The Morgan fingerprint density at radius 1 is 1.55 bits per heavy atom. The predicted molar refractivity (Wildman–Crippen MR) is 77.2 cm³/mol. The lowest BCUT2D eigenvalue weighted by Gasteiger charge is -2.35. The molecule has 2 aliphatic rings. The molecule has 4 nitrogen and oxygen atoms in total. The molecular weight excluding hydrogens is 250 g/mol. The van der Waals surface area contributed by atoms with Crippen LogP contribution in [0.4, 0.5) is 0 Å². The fourth-order valence-corrected chi connectivity index (χ4v) is 3.38. The zero-order valence-electron chi connectivity index (χ0n) is 12.2. The normalized spacial score (nSPS) is 23.9. The maximum atomic E-state index is 12.3. The molecule has 1 fully saturated rings. The van der Waals surface area contributed by atoms with Gasteiger partial charge in [-0.15, -0.1) is 6.58 Å². The smallest absolute Gasteiger partial charge is 0.227 e. The SMILES string of the molecule is C=CCC(=O)N1C2CCC1c1cnc(C(C)C)nc1C2. The van der Waals surface area contributed by atoms with Crippen LogP contribution in [0.2, 0.25) is 0 Å². The van der Waals surface area contributed by atoms with Crippen molar-refractivity contribution in [2.24, 2.45) is 0 Å². The van der Waals surface area contributed by atoms with Crippen molar-refractivity contribution in [3.8, 4) is 0 Å². The number of carbonyl (C=O) groups is 1. The van der Waals surface area contributed by atoms with Crippen molar-refractivity contribution < 1.29 is 4.79 Å². The summed E-state index contributed by atoms with van der Waals surface area (Å²) < 4.78 is 0. The Morgan fingerprint density at radius 3 is 3.05 bits per heavy atom. The Balaban J connectivity index is 1.95. The minimum atomic E-state index is 0.178. The van der Waals surface area contributed by atoms with E-state index >= 15 is 0 Å². The average Bonchev–Trinajstić information content (AvgIpc) is 2.74. The van der Waals surface area contributed by atoms with Crippen LogP contribution in [0.15, 0.2) is 18.9 Å². The topological polar surface area (TPSA) is 46.1 Å². The summed E-state index contributed by atoms with van der Waals surface area (Å²) in [5.74, 6) is 1.44. The molecule has 4 heteroatoms. The van der Waals surface area contributed by atoms with Crippen molar-refractivity contribution >= 4 is 5.91 Å². The number of carbonyl (C=O) groups excluding carboxylic acids is 1. The van der Waals surface area contributed by atoms with Crippen LogP contribution < -0.4 is 0 Å². The third-order valence-corrected chi connectivity index (χ3v) is 4.33. The standard InChI is InChI=1S/C16H21N3O/c1-4-5-15(20)19-11-6-7-14(19)12-9-17-16(10(2)3)18-13(12)8-11/h4,9-11,14H,1,5-8H2,2-3H3. The van der Waals surface area contributed by atoms with Crippen molar-refractivity contribution in [3.05, 3.63) is 35.9 Å². The molecule has 1 aromatic rings. The monoisotopic (exact) mass is 271 g/mol. The summed E-state index contributed by atoms with van der Waals surface area (Å²) in [6.45, 7) is 7.89. The second-order valence-corrected chi connectivity index (χ2v) is 6.03. The summed E-state index contributed by atoms with van der Waals surface area (Å²) in [5.41, 5.74) is 2.31. The van der Waals surface area contributed by atoms with E-state index in [4.69, 9.17) is 4.98 Å². The molecule has 1 aromatic heterocycles. The maximum Gasteiger partial charge on any atom is 0.227 e. The molecule has 2 atom stereocenters. The van der Waals surface area contributed by atoms with Crippen molar-refractivity contribution in [2.45, 2.75) is 57.5 Å². The molecule has 1 saturated heterocycles. The van der Waals surface area contributed by atoms with Gasteiger partial charge in [0, 0.05) is 36.6 Å². The molecule has 1 amide bonds. The summed E-state index contributed by atoms with van der Waals surface area (Å²) in [6, 6.07) is 0.493. The number of nitrogens with zero attached hydrogens (tertiary/aromatic N) is 3. The van der Waals surface area contributed by atoms with Gasteiger partial charge in [-0.1, -0.05) is 19.9 Å². The lowest BCUT2D eigenvalue weighted by Crippen LogP contribution is -2.42. The highest BCUT2D eigenvalue weighted by atomic mass is 16.2. The molecule has 3 rings (SSSR count). The highest BCUT2D eigenvalue weighted by molar-refractivity contribution is 5.79. The Morgan fingerprint density at radius 2 is 2.35 bits per heavy atom. The highest BCUT2D eigenvalue weighted by Gasteiger charge is 2.42. The molecule has 0 aromatic carbocycles. The van der Waals surface area contributed by atoms with Crippen LogP contribution in [0, 0.1) is 0 Å². The lowest BCUT2D eigenvalue weighted by atomic mass is 9.98. The van der Waals surface area contributed by atoms with E-state index in [1.165, 1.54) is 0 Å². The van der Waals surface area contributed by atoms with Gasteiger partial charge in [-0.05, 0) is 12.8 Å². The quantitative estimate of drug-likeness (QED) is 0.794. The van der Waals surface area contributed by atoms with E-state index < -0.39 is 0 Å². The zero-order valence-corrected chi connectivity index (χ0v) is 12.2. The van der Waals surface area contributed by atoms with Crippen molar-refractivity contribution in [3.63, 3.8) is 0 Å². The first kappa shape index (κ1) is 13.3. The van der Waals surface area contributed by atoms with Gasteiger partial charge in [-0.3, -0.25) is 4.79 Å². The Kier molecular flexibility index (Phi) is 3.32. The van der Waals surface area contributed by atoms with E-state index in [0.717, 1.165) is 36.3 Å². The minimum absolute atomic E-state index is 0.178. The van der Waals surface area contributed by atoms with Gasteiger partial charge in [0.1, 0.15) is 5.82 Å². The zero-order chi connectivity index (χ0) is 14.3. The molecule has 0 spiro atoms. The van der Waals surface area contributed by atoms with Gasteiger partial charge < -0.3 is 4.90 Å². The van der Waals surface area contributed by atoms with Crippen LogP contribution >= 0.6 is 0 Å². The molecule has 2 unspecified atom stereocenters. The van der Waals surface area contributed by atoms with Gasteiger partial charge in [-0.25, -0.2) is 9.97 Å². The summed E-state index contributed by atoms with van der Waals surface area (Å²) in [6.07, 6.45) is 7.03. The molecule has 0 saturated carbocycles. The van der Waals surface area contributed by atoms with Crippen LogP contribution in [0.3, 0.4) is 0 Å². The van der Waals surface area contributed by atoms with E-state index in [1.807, 2.05) is 11.1 Å². The van der Waals surface area contributed by atoms with E-state index in [9.17, 15) is 4.79 Å². The molecule has 0 N–H and O–H groups in total. The Bertz CT molecular complexity index is 553. The molecule has 0 aliphatic carbocycles. The fourth-order valence-electron chi connectivity index (χ4n) is 3.38. The van der Waals surface area contributed by atoms with E-state index in [2.05, 4.69) is 25.4 Å². The molecule has 106 valence electrons. The third kappa shape index (κ3) is 2.03. The van der Waals surface area contributed by atoms with Crippen molar-refractivity contribution in [2.75, 3.05) is 0 Å². The number of hydrogen-bond acceptors (Lipinski definition) is 3. The van der Waals surface area contributed by atoms with Crippen LogP contribution in [0.1, 0.15) is 62.2 Å². The Labute approximate surface area is 119 Å². The number of hydrogen-bond donors (Lipinski definition) is 0. The van der Waals surface area contributed by atoms with E-state index in [0.29, 0.717) is 18.4 Å². The second kappa shape index (κ2) is 5.00. The van der Waals surface area contributed by atoms with Gasteiger partial charge in [-0.2, -0.15) is 0 Å². The van der Waals surface area contributed by atoms with E-state index in [-0.39, 0.29) is 11.9 Å². The van der Waals surface area contributed by atoms with Crippen LogP contribution in [-0.4, -0.2) is 26.8 Å². The maximum absolute atomic E-state index is 12.3. The van der Waals surface area contributed by atoms with Gasteiger partial charge in [0.25, 0.3) is 0 Å². The molecule has 3 heterocycles. The number of aromatic nitrogens is 2. The molecular formula is C16H21N3O. The summed E-state index contributed by atoms with van der Waals surface area (Å²) >= 11 is 0. The minimum Gasteiger partial charge on any atom is -0.332 e. The third-order valence-electron chi connectivity index (χ3n) is 4.33. The molecule has 0 radical (unpaired) electrons. The van der Waals surface area contributed by atoms with E-state index in [1.54, 1.807) is 6.08 Å². The number of rotatable bonds is 3. The summed E-state index contributed by atoms with van der Waals surface area (Å²) in [7, 11) is 0. The lowest BCUT2D eigenvalue weighted by molar-refractivity contribution is -0.133. The summed E-state index contributed by atoms with van der Waals surface area (Å²) in [4.78, 5) is 23.5. The first-order chi connectivity index (χ1) is 9.61. The largest absolute Gasteiger partial charge is 0.332 e. The van der Waals surface area contributed by atoms with Gasteiger partial charge >= 0.3 is 0 Å². The Hall–Kier alpha value is -1.71.